The molecule has 1 saturated heterocycles. The average molecular weight is 337 g/mol. The van der Waals surface area contributed by atoms with Crippen molar-refractivity contribution in [2.24, 2.45) is 4.99 Å². The Hall–Kier alpha value is -1.75. The van der Waals surface area contributed by atoms with Crippen molar-refractivity contribution >= 4 is 23.5 Å². The largest absolute Gasteiger partial charge is 0.357 e. The smallest absolute Gasteiger partial charge is 0.224 e. The van der Waals surface area contributed by atoms with E-state index in [2.05, 4.69) is 15.6 Å². The summed E-state index contributed by atoms with van der Waals surface area (Å²) in [4.78, 5) is 18.5. The maximum Gasteiger partial charge on any atom is 0.224 e. The molecule has 0 bridgehead atoms. The van der Waals surface area contributed by atoms with Crippen LogP contribution in [0, 0.1) is 0 Å². The number of hydrogen-bond acceptors (Lipinski definition) is 2. The second-order valence-corrected chi connectivity index (χ2v) is 6.02. The van der Waals surface area contributed by atoms with Crippen LogP contribution in [0.25, 0.3) is 0 Å². The summed E-state index contributed by atoms with van der Waals surface area (Å²) in [6.45, 7) is 5.79. The number of halogens is 1. The van der Waals surface area contributed by atoms with Gasteiger partial charge in [-0.3, -0.25) is 4.79 Å². The summed E-state index contributed by atoms with van der Waals surface area (Å²) in [6.07, 6.45) is 2.76. The van der Waals surface area contributed by atoms with E-state index in [0.29, 0.717) is 19.5 Å². The topological polar surface area (TPSA) is 56.7 Å². The van der Waals surface area contributed by atoms with Gasteiger partial charge in [-0.25, -0.2) is 4.99 Å². The van der Waals surface area contributed by atoms with Crippen molar-refractivity contribution in [3.8, 4) is 0 Å². The molecule has 1 heterocycles. The molecule has 1 aromatic carbocycles. The Kier molecular flexibility index (Phi) is 7.20. The summed E-state index contributed by atoms with van der Waals surface area (Å²) >= 11 is 5.88. The van der Waals surface area contributed by atoms with Crippen molar-refractivity contribution in [2.75, 3.05) is 26.2 Å². The van der Waals surface area contributed by atoms with Gasteiger partial charge in [0.05, 0.1) is 6.54 Å². The molecule has 5 nitrogen and oxygen atoms in total. The molecule has 1 aromatic rings. The van der Waals surface area contributed by atoms with Gasteiger partial charge in [0.15, 0.2) is 5.96 Å². The van der Waals surface area contributed by atoms with Crippen LogP contribution in [0.15, 0.2) is 29.3 Å². The number of amides is 1. The Labute approximate surface area is 143 Å². The van der Waals surface area contributed by atoms with E-state index in [1.165, 1.54) is 0 Å². The standard InChI is InChI=1S/C17H25ClN4O/c1-2-19-17(21-13-14-5-7-15(18)8-6-14)20-10-9-16(23)22-11-3-4-12-22/h5-8H,2-4,9-13H2,1H3,(H2,19,20,21). The Morgan fingerprint density at radius 1 is 1.22 bits per heavy atom. The minimum atomic E-state index is 0.226. The molecule has 0 saturated carbocycles. The van der Waals surface area contributed by atoms with E-state index >= 15 is 0 Å². The normalized spacial score (nSPS) is 14.9. The van der Waals surface area contributed by atoms with Crippen LogP contribution in [0.5, 0.6) is 0 Å². The first-order chi connectivity index (χ1) is 11.2. The minimum absolute atomic E-state index is 0.226. The van der Waals surface area contributed by atoms with Gasteiger partial charge < -0.3 is 15.5 Å². The molecule has 2 N–H and O–H groups in total. The molecular weight excluding hydrogens is 312 g/mol. The fourth-order valence-electron chi connectivity index (χ4n) is 2.51. The van der Waals surface area contributed by atoms with Crippen molar-refractivity contribution in [3.63, 3.8) is 0 Å². The maximum absolute atomic E-state index is 12.0. The number of hydrogen-bond donors (Lipinski definition) is 2. The van der Waals surface area contributed by atoms with Gasteiger partial charge in [-0.05, 0) is 37.5 Å². The van der Waals surface area contributed by atoms with Gasteiger partial charge in [-0.1, -0.05) is 23.7 Å². The quantitative estimate of drug-likeness (QED) is 0.619. The van der Waals surface area contributed by atoms with Crippen LogP contribution >= 0.6 is 11.6 Å². The minimum Gasteiger partial charge on any atom is -0.357 e. The Balaban J connectivity index is 1.79. The van der Waals surface area contributed by atoms with Crippen LogP contribution in [0.2, 0.25) is 5.02 Å². The highest BCUT2D eigenvalue weighted by Crippen LogP contribution is 2.10. The van der Waals surface area contributed by atoms with E-state index in [1.807, 2.05) is 36.1 Å². The molecule has 1 amide bonds. The number of carbonyl (C=O) groups excluding carboxylic acids is 1. The van der Waals surface area contributed by atoms with Crippen molar-refractivity contribution in [2.45, 2.75) is 32.7 Å². The third-order valence-electron chi connectivity index (χ3n) is 3.77. The molecule has 1 aliphatic rings. The van der Waals surface area contributed by atoms with Gasteiger partial charge in [-0.2, -0.15) is 0 Å². The second kappa shape index (κ2) is 9.40. The molecule has 6 heteroatoms. The lowest BCUT2D eigenvalue weighted by atomic mass is 10.2. The molecule has 2 rings (SSSR count). The summed E-state index contributed by atoms with van der Waals surface area (Å²) < 4.78 is 0. The van der Waals surface area contributed by atoms with Crippen molar-refractivity contribution in [3.05, 3.63) is 34.9 Å². The third kappa shape index (κ3) is 6.10. The van der Waals surface area contributed by atoms with Crippen LogP contribution in [-0.4, -0.2) is 42.9 Å². The highest BCUT2D eigenvalue weighted by Gasteiger charge is 2.17. The first-order valence-electron chi connectivity index (χ1n) is 8.23. The van der Waals surface area contributed by atoms with Crippen molar-refractivity contribution in [1.29, 1.82) is 0 Å². The zero-order chi connectivity index (χ0) is 16.5. The number of nitrogens with zero attached hydrogens (tertiary/aromatic N) is 2. The highest BCUT2D eigenvalue weighted by molar-refractivity contribution is 6.30. The zero-order valence-corrected chi connectivity index (χ0v) is 14.4. The second-order valence-electron chi connectivity index (χ2n) is 5.59. The summed E-state index contributed by atoms with van der Waals surface area (Å²) in [5.74, 6) is 0.959. The monoisotopic (exact) mass is 336 g/mol. The fraction of sp³-hybridized carbons (Fsp3) is 0.529. The van der Waals surface area contributed by atoms with Crippen LogP contribution in [0.3, 0.4) is 0 Å². The summed E-state index contributed by atoms with van der Waals surface area (Å²) in [7, 11) is 0. The van der Waals surface area contributed by atoms with Crippen LogP contribution < -0.4 is 10.6 Å². The SMILES string of the molecule is CCNC(=NCc1ccc(Cl)cc1)NCCC(=O)N1CCCC1. The maximum atomic E-state index is 12.0. The number of guanidine groups is 1. The van der Waals surface area contributed by atoms with E-state index in [9.17, 15) is 4.79 Å². The first-order valence-corrected chi connectivity index (χ1v) is 8.61. The number of nitrogens with one attached hydrogen (secondary N) is 2. The van der Waals surface area contributed by atoms with Gasteiger partial charge in [0.1, 0.15) is 0 Å². The lowest BCUT2D eigenvalue weighted by Gasteiger charge is -2.16. The molecule has 0 aliphatic carbocycles. The molecule has 1 aliphatic heterocycles. The van der Waals surface area contributed by atoms with Gasteiger partial charge >= 0.3 is 0 Å². The molecule has 0 spiro atoms. The lowest BCUT2D eigenvalue weighted by Crippen LogP contribution is -2.39. The first kappa shape index (κ1) is 17.6. The third-order valence-corrected chi connectivity index (χ3v) is 4.02. The van der Waals surface area contributed by atoms with E-state index in [4.69, 9.17) is 11.6 Å². The van der Waals surface area contributed by atoms with E-state index in [-0.39, 0.29) is 5.91 Å². The fourth-order valence-corrected chi connectivity index (χ4v) is 2.64. The van der Waals surface area contributed by atoms with E-state index < -0.39 is 0 Å². The number of likely N-dealkylation sites (tertiary alicyclic amines) is 1. The van der Waals surface area contributed by atoms with Crippen molar-refractivity contribution in [1.82, 2.24) is 15.5 Å². The molecular formula is C17H25ClN4O. The molecule has 0 atom stereocenters. The predicted octanol–water partition coefficient (Wildman–Crippen LogP) is 2.41. The molecule has 126 valence electrons. The van der Waals surface area contributed by atoms with Crippen LogP contribution in [0.1, 0.15) is 31.7 Å². The zero-order valence-electron chi connectivity index (χ0n) is 13.6. The van der Waals surface area contributed by atoms with Gasteiger partial charge in [0.2, 0.25) is 5.91 Å². The van der Waals surface area contributed by atoms with Crippen molar-refractivity contribution < 1.29 is 4.79 Å². The van der Waals surface area contributed by atoms with E-state index in [0.717, 1.165) is 49.0 Å². The van der Waals surface area contributed by atoms with Gasteiger partial charge in [0, 0.05) is 37.6 Å². The predicted molar refractivity (Wildman–Crippen MR) is 94.7 cm³/mol. The summed E-state index contributed by atoms with van der Waals surface area (Å²) in [5, 5.41) is 7.14. The van der Waals surface area contributed by atoms with Crippen LogP contribution in [-0.2, 0) is 11.3 Å². The summed E-state index contributed by atoms with van der Waals surface area (Å²) in [6, 6.07) is 7.65. The molecule has 0 unspecified atom stereocenters. The number of carbonyl (C=O) groups is 1. The van der Waals surface area contributed by atoms with Gasteiger partial charge in [-0.15, -0.1) is 0 Å². The molecule has 23 heavy (non-hydrogen) atoms. The Morgan fingerprint density at radius 2 is 1.91 bits per heavy atom. The van der Waals surface area contributed by atoms with E-state index in [1.54, 1.807) is 0 Å². The average Bonchev–Trinajstić information content (AvgIpc) is 3.08. The Morgan fingerprint density at radius 3 is 2.57 bits per heavy atom. The number of benzene rings is 1. The molecule has 0 radical (unpaired) electrons. The Bertz CT molecular complexity index is 524. The molecule has 1 fully saturated rings. The number of rotatable bonds is 6. The van der Waals surface area contributed by atoms with Crippen LogP contribution in [0.4, 0.5) is 0 Å². The number of aliphatic imine (C=N–C) groups is 1. The van der Waals surface area contributed by atoms with Gasteiger partial charge in [0.25, 0.3) is 0 Å². The highest BCUT2D eigenvalue weighted by atomic mass is 35.5. The molecule has 0 aromatic heterocycles. The lowest BCUT2D eigenvalue weighted by molar-refractivity contribution is -0.129. The summed E-state index contributed by atoms with van der Waals surface area (Å²) in [5.41, 5.74) is 1.10.